The molecule has 25 heavy (non-hydrogen) atoms. The first-order valence-electron chi connectivity index (χ1n) is 7.78. The van der Waals surface area contributed by atoms with Crippen LogP contribution in [0.15, 0.2) is 48.9 Å². The van der Waals surface area contributed by atoms with Gasteiger partial charge < -0.3 is 19.4 Å². The van der Waals surface area contributed by atoms with Gasteiger partial charge in [-0.15, -0.1) is 0 Å². The molecule has 128 valence electrons. The van der Waals surface area contributed by atoms with Gasteiger partial charge in [0.15, 0.2) is 11.6 Å². The number of imidazole rings is 1. The number of benzene rings is 2. The van der Waals surface area contributed by atoms with E-state index in [0.29, 0.717) is 16.8 Å². The van der Waals surface area contributed by atoms with Crippen molar-refractivity contribution in [1.29, 1.82) is 0 Å². The number of aromatic nitrogens is 3. The molecular weight excluding hydrogens is 328 g/mol. The lowest BCUT2D eigenvalue weighted by molar-refractivity contribution is 0.0941. The second-order valence-electron chi connectivity index (χ2n) is 5.81. The molecule has 0 saturated heterocycles. The number of hydrogen-bond donors (Lipinski definition) is 2. The molecule has 0 radical (unpaired) electrons. The third-order valence-electron chi connectivity index (χ3n) is 4.06. The van der Waals surface area contributed by atoms with E-state index in [-0.39, 0.29) is 13.2 Å². The topological polar surface area (TPSA) is 63.1 Å². The molecule has 0 unspecified atom stereocenters. The first-order chi connectivity index (χ1) is 12.1. The zero-order chi connectivity index (χ0) is 17.4. The Bertz CT molecular complexity index is 1040. The van der Waals surface area contributed by atoms with Crippen molar-refractivity contribution in [2.75, 3.05) is 6.61 Å². The highest BCUT2D eigenvalue weighted by Gasteiger charge is 2.13. The molecule has 2 aromatic heterocycles. The summed E-state index contributed by atoms with van der Waals surface area (Å²) in [5, 5.41) is 11.2. The minimum absolute atomic E-state index is 0.0631. The van der Waals surface area contributed by atoms with Crippen molar-refractivity contribution in [3.8, 4) is 5.75 Å². The summed E-state index contributed by atoms with van der Waals surface area (Å²) in [6.45, 7) is 0.221. The van der Waals surface area contributed by atoms with Crippen molar-refractivity contribution in [2.24, 2.45) is 0 Å². The van der Waals surface area contributed by atoms with Gasteiger partial charge in [0.05, 0.1) is 23.9 Å². The standard InChI is InChI=1S/C18H15F2N3O2/c19-13-6-16-17(7-14(13)20)23(10-22-16)8-11(24)9-25-18-3-1-2-15-12(18)4-5-21-15/h1-7,10-11,21,24H,8-9H2/t11-/m1/s1. The lowest BCUT2D eigenvalue weighted by atomic mass is 10.2. The summed E-state index contributed by atoms with van der Waals surface area (Å²) in [7, 11) is 0. The number of fused-ring (bicyclic) bond motifs is 2. The molecule has 2 N–H and O–H groups in total. The SMILES string of the molecule is O[C@@H](COc1cccc2[nH]ccc12)Cn1cnc2cc(F)c(F)cc21. The molecule has 2 aromatic carbocycles. The molecular formula is C18H15F2N3O2. The van der Waals surface area contributed by atoms with Crippen LogP contribution in [0.4, 0.5) is 8.78 Å². The van der Waals surface area contributed by atoms with Crippen LogP contribution in [0.3, 0.4) is 0 Å². The number of aliphatic hydroxyl groups excluding tert-OH is 1. The van der Waals surface area contributed by atoms with E-state index in [0.717, 1.165) is 23.0 Å². The second-order valence-corrected chi connectivity index (χ2v) is 5.81. The van der Waals surface area contributed by atoms with Gasteiger partial charge in [-0.1, -0.05) is 6.07 Å². The molecule has 0 aliphatic carbocycles. The number of nitrogens with one attached hydrogen (secondary N) is 1. The third-order valence-corrected chi connectivity index (χ3v) is 4.06. The summed E-state index contributed by atoms with van der Waals surface area (Å²) < 4.78 is 33.9. The molecule has 1 atom stereocenters. The Kier molecular flexibility index (Phi) is 3.85. The maximum atomic E-state index is 13.4. The zero-order valence-electron chi connectivity index (χ0n) is 13.1. The summed E-state index contributed by atoms with van der Waals surface area (Å²) in [5.74, 6) is -1.22. The summed E-state index contributed by atoms with van der Waals surface area (Å²) in [4.78, 5) is 7.12. The quantitative estimate of drug-likeness (QED) is 0.585. The summed E-state index contributed by atoms with van der Waals surface area (Å²) >= 11 is 0. The highest BCUT2D eigenvalue weighted by atomic mass is 19.2. The zero-order valence-corrected chi connectivity index (χ0v) is 13.1. The largest absolute Gasteiger partial charge is 0.490 e. The smallest absolute Gasteiger partial charge is 0.161 e. The van der Waals surface area contributed by atoms with E-state index in [1.165, 1.54) is 6.33 Å². The average molecular weight is 343 g/mol. The monoisotopic (exact) mass is 343 g/mol. The van der Waals surface area contributed by atoms with E-state index in [9.17, 15) is 13.9 Å². The molecule has 4 aromatic rings. The number of aromatic amines is 1. The number of ether oxygens (including phenoxy) is 1. The van der Waals surface area contributed by atoms with Gasteiger partial charge in [0.2, 0.25) is 0 Å². The Morgan fingerprint density at radius 1 is 1.20 bits per heavy atom. The minimum atomic E-state index is -0.945. The van der Waals surface area contributed by atoms with Crippen LogP contribution in [-0.4, -0.2) is 32.4 Å². The lowest BCUT2D eigenvalue weighted by Gasteiger charge is -2.14. The molecule has 7 heteroatoms. The van der Waals surface area contributed by atoms with Crippen LogP contribution in [0.1, 0.15) is 0 Å². The molecule has 4 rings (SSSR count). The molecule has 0 aliphatic heterocycles. The van der Waals surface area contributed by atoms with E-state index in [4.69, 9.17) is 4.74 Å². The second kappa shape index (κ2) is 6.18. The average Bonchev–Trinajstić information content (AvgIpc) is 3.21. The molecule has 0 amide bonds. The maximum absolute atomic E-state index is 13.4. The Balaban J connectivity index is 1.48. The van der Waals surface area contributed by atoms with Crippen LogP contribution in [0.5, 0.6) is 5.75 Å². The number of aliphatic hydroxyl groups is 1. The molecule has 0 bridgehead atoms. The Morgan fingerprint density at radius 3 is 2.92 bits per heavy atom. The molecule has 2 heterocycles. The number of nitrogens with zero attached hydrogens (tertiary/aromatic N) is 2. The van der Waals surface area contributed by atoms with E-state index in [2.05, 4.69) is 9.97 Å². The fourth-order valence-corrected chi connectivity index (χ4v) is 2.85. The Hall–Kier alpha value is -2.93. The number of rotatable bonds is 5. The molecule has 0 spiro atoms. The van der Waals surface area contributed by atoms with E-state index >= 15 is 0 Å². The van der Waals surface area contributed by atoms with Gasteiger partial charge >= 0.3 is 0 Å². The van der Waals surface area contributed by atoms with Crippen molar-refractivity contribution in [1.82, 2.24) is 14.5 Å². The van der Waals surface area contributed by atoms with Gasteiger partial charge in [0.25, 0.3) is 0 Å². The van der Waals surface area contributed by atoms with Crippen molar-refractivity contribution in [2.45, 2.75) is 12.6 Å². The first kappa shape index (κ1) is 15.6. The van der Waals surface area contributed by atoms with Gasteiger partial charge in [0, 0.05) is 29.2 Å². The van der Waals surface area contributed by atoms with Crippen LogP contribution in [0, 0.1) is 11.6 Å². The fraction of sp³-hybridized carbons (Fsp3) is 0.167. The van der Waals surface area contributed by atoms with Gasteiger partial charge in [0.1, 0.15) is 18.5 Å². The first-order valence-corrected chi connectivity index (χ1v) is 7.78. The third kappa shape index (κ3) is 2.94. The van der Waals surface area contributed by atoms with Gasteiger partial charge in [-0.2, -0.15) is 0 Å². The number of H-pyrrole nitrogens is 1. The predicted octanol–water partition coefficient (Wildman–Crippen LogP) is 3.24. The van der Waals surface area contributed by atoms with Crippen molar-refractivity contribution in [3.05, 3.63) is 60.6 Å². The highest BCUT2D eigenvalue weighted by Crippen LogP contribution is 2.24. The Labute approximate surface area is 141 Å². The number of hydrogen-bond acceptors (Lipinski definition) is 3. The van der Waals surface area contributed by atoms with Gasteiger partial charge in [-0.05, 0) is 18.2 Å². The van der Waals surface area contributed by atoms with Crippen LogP contribution in [0.2, 0.25) is 0 Å². The summed E-state index contributed by atoms with van der Waals surface area (Å²) in [6, 6.07) is 9.64. The fourth-order valence-electron chi connectivity index (χ4n) is 2.85. The normalized spacial score (nSPS) is 12.8. The van der Waals surface area contributed by atoms with E-state index in [1.807, 2.05) is 30.5 Å². The number of halogens is 2. The molecule has 5 nitrogen and oxygen atoms in total. The highest BCUT2D eigenvalue weighted by molar-refractivity contribution is 5.85. The van der Waals surface area contributed by atoms with E-state index < -0.39 is 17.7 Å². The van der Waals surface area contributed by atoms with E-state index in [1.54, 1.807) is 4.57 Å². The Morgan fingerprint density at radius 2 is 2.04 bits per heavy atom. The van der Waals surface area contributed by atoms with Crippen LogP contribution in [0.25, 0.3) is 21.9 Å². The summed E-state index contributed by atoms with van der Waals surface area (Å²) in [5.41, 5.74) is 1.71. The maximum Gasteiger partial charge on any atom is 0.161 e. The van der Waals surface area contributed by atoms with Gasteiger partial charge in [-0.25, -0.2) is 13.8 Å². The van der Waals surface area contributed by atoms with Crippen LogP contribution >= 0.6 is 0 Å². The van der Waals surface area contributed by atoms with Crippen molar-refractivity contribution < 1.29 is 18.6 Å². The molecule has 0 saturated carbocycles. The molecule has 0 fully saturated rings. The van der Waals surface area contributed by atoms with Crippen LogP contribution < -0.4 is 4.74 Å². The van der Waals surface area contributed by atoms with Crippen molar-refractivity contribution in [3.63, 3.8) is 0 Å². The van der Waals surface area contributed by atoms with Gasteiger partial charge in [-0.3, -0.25) is 0 Å². The van der Waals surface area contributed by atoms with Crippen molar-refractivity contribution >= 4 is 21.9 Å². The van der Waals surface area contributed by atoms with Crippen LogP contribution in [-0.2, 0) is 6.54 Å². The summed E-state index contributed by atoms with van der Waals surface area (Å²) in [6.07, 6.45) is 2.43. The lowest BCUT2D eigenvalue weighted by Crippen LogP contribution is -2.23. The minimum Gasteiger partial charge on any atom is -0.490 e. The molecule has 0 aliphatic rings. The predicted molar refractivity (Wildman–Crippen MR) is 89.4 cm³/mol.